The van der Waals surface area contributed by atoms with Crippen molar-refractivity contribution in [1.29, 1.82) is 0 Å². The maximum atomic E-state index is 13.8. The zero-order valence-corrected chi connectivity index (χ0v) is 19.5. The summed E-state index contributed by atoms with van der Waals surface area (Å²) in [5.74, 6) is -0.443. The summed E-state index contributed by atoms with van der Waals surface area (Å²) in [6, 6.07) is 22.7. The van der Waals surface area contributed by atoms with Crippen molar-refractivity contribution in [3.8, 4) is 5.69 Å². The van der Waals surface area contributed by atoms with Crippen LogP contribution in [0.25, 0.3) is 5.69 Å². The van der Waals surface area contributed by atoms with Crippen molar-refractivity contribution in [3.63, 3.8) is 0 Å². The number of nitrogens with zero attached hydrogens (tertiary/aromatic N) is 3. The highest BCUT2D eigenvalue weighted by atomic mass is 35.5. The third-order valence-corrected chi connectivity index (χ3v) is 6.59. The van der Waals surface area contributed by atoms with Crippen LogP contribution in [0.1, 0.15) is 36.0 Å². The summed E-state index contributed by atoms with van der Waals surface area (Å²) in [7, 11) is 0. The van der Waals surface area contributed by atoms with Crippen molar-refractivity contribution in [2.45, 2.75) is 25.4 Å². The van der Waals surface area contributed by atoms with E-state index in [2.05, 4.69) is 52.5 Å². The van der Waals surface area contributed by atoms with Gasteiger partial charge in [0.25, 0.3) is 0 Å². The zero-order chi connectivity index (χ0) is 22.9. The van der Waals surface area contributed by atoms with Crippen LogP contribution in [-0.2, 0) is 6.42 Å². The van der Waals surface area contributed by atoms with E-state index in [1.165, 1.54) is 11.6 Å². The van der Waals surface area contributed by atoms with Gasteiger partial charge in [-0.2, -0.15) is 0 Å². The molecule has 0 radical (unpaired) electrons. The minimum absolute atomic E-state index is 0.0838. The largest absolute Gasteiger partial charge is 0.351 e. The van der Waals surface area contributed by atoms with E-state index in [-0.39, 0.29) is 17.1 Å². The molecule has 7 heteroatoms. The molecule has 166 valence electrons. The number of nitrogens with one attached hydrogen (secondary N) is 1. The molecule has 5 rings (SSSR count). The van der Waals surface area contributed by atoms with Gasteiger partial charge in [0, 0.05) is 29.5 Å². The number of halogens is 2. The Balaban J connectivity index is 1.65. The first-order chi connectivity index (χ1) is 16.1. The van der Waals surface area contributed by atoms with Gasteiger partial charge in [0.15, 0.2) is 5.11 Å². The first-order valence-electron chi connectivity index (χ1n) is 10.8. The molecule has 3 heterocycles. The van der Waals surface area contributed by atoms with E-state index in [9.17, 15) is 4.39 Å². The molecule has 0 amide bonds. The summed E-state index contributed by atoms with van der Waals surface area (Å²) in [6.07, 6.45) is 4.71. The lowest BCUT2D eigenvalue weighted by atomic mass is 10.0. The van der Waals surface area contributed by atoms with E-state index in [1.54, 1.807) is 18.3 Å². The molecule has 4 nitrogen and oxygen atoms in total. The van der Waals surface area contributed by atoms with Crippen molar-refractivity contribution in [2.24, 2.45) is 0 Å². The molecular formula is C26H22ClFN4S. The molecule has 1 aliphatic heterocycles. The summed E-state index contributed by atoms with van der Waals surface area (Å²) in [5, 5.41) is 4.19. The van der Waals surface area contributed by atoms with E-state index in [0.717, 1.165) is 29.2 Å². The minimum atomic E-state index is -0.443. The number of hydrogen-bond donors (Lipinski definition) is 1. The van der Waals surface area contributed by atoms with Crippen LogP contribution in [0.15, 0.2) is 85.2 Å². The van der Waals surface area contributed by atoms with Gasteiger partial charge >= 0.3 is 0 Å². The maximum absolute atomic E-state index is 13.8. The van der Waals surface area contributed by atoms with Gasteiger partial charge in [-0.3, -0.25) is 4.98 Å². The molecule has 0 spiro atoms. The Hall–Kier alpha value is -3.22. The van der Waals surface area contributed by atoms with Crippen LogP contribution < -0.4 is 10.2 Å². The molecule has 0 bridgehead atoms. The lowest BCUT2D eigenvalue weighted by Crippen LogP contribution is -2.30. The summed E-state index contributed by atoms with van der Waals surface area (Å²) in [5.41, 5.74) is 4.92. The predicted molar refractivity (Wildman–Crippen MR) is 134 cm³/mol. The summed E-state index contributed by atoms with van der Waals surface area (Å²) < 4.78 is 15.9. The Morgan fingerprint density at radius 3 is 2.52 bits per heavy atom. The number of aromatic nitrogens is 2. The van der Waals surface area contributed by atoms with Crippen LogP contribution in [-0.4, -0.2) is 14.7 Å². The number of hydrogen-bond acceptors (Lipinski definition) is 2. The standard InChI is InChI=1S/C26H22ClFN4S/c1-2-17-8-10-18(11-9-17)32-25(24(30-26(32)33)22-6-3-4-14-29-22)23-7-5-15-31(23)19-12-13-21(28)20(27)16-19/h3-16,24-25H,2H2,1H3,(H,30,33)/t24-,25-/m0/s1. The topological polar surface area (TPSA) is 33.1 Å². The SMILES string of the molecule is CCc1ccc(N2C(=S)N[C@@H](c3ccccn3)[C@@H]2c2cccn2-c2ccc(F)c(Cl)c2)cc1. The first kappa shape index (κ1) is 21.6. The number of benzene rings is 2. The second-order valence-electron chi connectivity index (χ2n) is 7.92. The number of thiocarbonyl (C=S) groups is 1. The van der Waals surface area contributed by atoms with Crippen molar-refractivity contribution in [3.05, 3.63) is 113 Å². The van der Waals surface area contributed by atoms with Gasteiger partial charge in [0.2, 0.25) is 0 Å². The van der Waals surface area contributed by atoms with Gasteiger partial charge in [-0.05, 0) is 78.8 Å². The van der Waals surface area contributed by atoms with Crippen molar-refractivity contribution < 1.29 is 4.39 Å². The van der Waals surface area contributed by atoms with Crippen LogP contribution in [0.2, 0.25) is 5.02 Å². The van der Waals surface area contributed by atoms with E-state index in [0.29, 0.717) is 5.11 Å². The van der Waals surface area contributed by atoms with Gasteiger partial charge in [-0.25, -0.2) is 4.39 Å². The maximum Gasteiger partial charge on any atom is 0.174 e. The molecule has 2 aromatic heterocycles. The number of pyridine rings is 1. The van der Waals surface area contributed by atoms with Gasteiger partial charge in [0.1, 0.15) is 11.9 Å². The lowest BCUT2D eigenvalue weighted by molar-refractivity contribution is 0.549. The number of aryl methyl sites for hydroxylation is 1. The Morgan fingerprint density at radius 1 is 1.03 bits per heavy atom. The van der Waals surface area contributed by atoms with E-state index in [1.807, 2.05) is 35.0 Å². The van der Waals surface area contributed by atoms with Crippen LogP contribution in [0.4, 0.5) is 10.1 Å². The number of anilines is 1. The summed E-state index contributed by atoms with van der Waals surface area (Å²) in [4.78, 5) is 6.74. The van der Waals surface area contributed by atoms with Crippen molar-refractivity contribution in [1.82, 2.24) is 14.9 Å². The summed E-state index contributed by atoms with van der Waals surface area (Å²) in [6.45, 7) is 2.14. The molecule has 2 atom stereocenters. The van der Waals surface area contributed by atoms with Crippen LogP contribution >= 0.6 is 23.8 Å². The number of rotatable bonds is 5. The van der Waals surface area contributed by atoms with E-state index in [4.69, 9.17) is 23.8 Å². The Kier molecular flexibility index (Phi) is 5.87. The fourth-order valence-corrected chi connectivity index (χ4v) is 4.85. The predicted octanol–water partition coefficient (Wildman–Crippen LogP) is 6.40. The third-order valence-electron chi connectivity index (χ3n) is 5.99. The third kappa shape index (κ3) is 4.01. The molecule has 4 aromatic rings. The smallest absolute Gasteiger partial charge is 0.174 e. The quantitative estimate of drug-likeness (QED) is 0.338. The van der Waals surface area contributed by atoms with E-state index >= 15 is 0 Å². The zero-order valence-electron chi connectivity index (χ0n) is 18.0. The van der Waals surface area contributed by atoms with Crippen LogP contribution in [0.3, 0.4) is 0 Å². The average molecular weight is 477 g/mol. The van der Waals surface area contributed by atoms with Crippen molar-refractivity contribution in [2.75, 3.05) is 4.90 Å². The van der Waals surface area contributed by atoms with E-state index < -0.39 is 5.82 Å². The van der Waals surface area contributed by atoms with Gasteiger partial charge in [0.05, 0.1) is 16.8 Å². The Bertz CT molecular complexity index is 1290. The highest BCUT2D eigenvalue weighted by Crippen LogP contribution is 2.42. The molecule has 33 heavy (non-hydrogen) atoms. The Labute approximate surface area is 202 Å². The van der Waals surface area contributed by atoms with Crippen LogP contribution in [0, 0.1) is 5.82 Å². The second kappa shape index (κ2) is 8.96. The minimum Gasteiger partial charge on any atom is -0.351 e. The highest BCUT2D eigenvalue weighted by molar-refractivity contribution is 7.80. The highest BCUT2D eigenvalue weighted by Gasteiger charge is 2.42. The molecule has 1 aliphatic rings. The molecule has 0 aliphatic carbocycles. The van der Waals surface area contributed by atoms with Gasteiger partial charge < -0.3 is 14.8 Å². The fourth-order valence-electron chi connectivity index (χ4n) is 4.33. The molecule has 1 N–H and O–H groups in total. The molecule has 2 aromatic carbocycles. The van der Waals surface area contributed by atoms with Gasteiger partial charge in [-0.1, -0.05) is 36.7 Å². The lowest BCUT2D eigenvalue weighted by Gasteiger charge is -2.29. The molecule has 0 unspecified atom stereocenters. The molecule has 1 saturated heterocycles. The van der Waals surface area contributed by atoms with Gasteiger partial charge in [-0.15, -0.1) is 0 Å². The normalized spacial score (nSPS) is 17.9. The fraction of sp³-hybridized carbons (Fsp3) is 0.154. The molecular weight excluding hydrogens is 455 g/mol. The van der Waals surface area contributed by atoms with Crippen molar-refractivity contribution >= 4 is 34.6 Å². The summed E-state index contributed by atoms with van der Waals surface area (Å²) >= 11 is 11.9. The molecule has 0 saturated carbocycles. The Morgan fingerprint density at radius 2 is 1.82 bits per heavy atom. The second-order valence-corrected chi connectivity index (χ2v) is 8.71. The molecule has 1 fully saturated rings. The average Bonchev–Trinajstić information content (AvgIpc) is 3.46. The monoisotopic (exact) mass is 476 g/mol. The van der Waals surface area contributed by atoms with Crippen LogP contribution in [0.5, 0.6) is 0 Å². The first-order valence-corrected chi connectivity index (χ1v) is 11.6.